The van der Waals surface area contributed by atoms with Crippen LogP contribution in [0.2, 0.25) is 0 Å². The van der Waals surface area contributed by atoms with E-state index in [0.29, 0.717) is 6.04 Å². The van der Waals surface area contributed by atoms with Crippen LogP contribution in [0.3, 0.4) is 0 Å². The zero-order valence-corrected chi connectivity index (χ0v) is 10.2. The Morgan fingerprint density at radius 3 is 2.56 bits per heavy atom. The first kappa shape index (κ1) is 13.0. The quantitative estimate of drug-likeness (QED) is 0.657. The Hall–Kier alpha value is -1.10. The molecule has 1 N–H and O–H groups in total. The molecule has 0 radical (unpaired) electrons. The molecular formula is C11H20N2O3. The minimum absolute atomic E-state index is 0.0563. The summed E-state index contributed by atoms with van der Waals surface area (Å²) < 4.78 is 4.56. The topological polar surface area (TPSA) is 58.6 Å². The minimum atomic E-state index is -0.438. The zero-order valence-electron chi connectivity index (χ0n) is 10.2. The summed E-state index contributed by atoms with van der Waals surface area (Å²) in [5.41, 5.74) is 0. The lowest BCUT2D eigenvalue weighted by Gasteiger charge is -2.21. The van der Waals surface area contributed by atoms with E-state index < -0.39 is 6.04 Å². The number of carbonyl (C=O) groups excluding carboxylic acids is 2. The number of ether oxygens (including phenoxy) is 1. The Morgan fingerprint density at radius 2 is 2.12 bits per heavy atom. The molecule has 92 valence electrons. The number of carbonyl (C=O) groups is 2. The highest BCUT2D eigenvalue weighted by Gasteiger charge is 2.31. The first-order valence-corrected chi connectivity index (χ1v) is 5.70. The van der Waals surface area contributed by atoms with Gasteiger partial charge in [-0.05, 0) is 26.7 Å². The van der Waals surface area contributed by atoms with Crippen LogP contribution in [-0.2, 0) is 14.3 Å². The van der Waals surface area contributed by atoms with Crippen molar-refractivity contribution in [2.45, 2.75) is 38.8 Å². The van der Waals surface area contributed by atoms with Crippen molar-refractivity contribution in [3.8, 4) is 0 Å². The summed E-state index contributed by atoms with van der Waals surface area (Å²) in [4.78, 5) is 24.7. The second kappa shape index (κ2) is 5.84. The number of hydrogen-bond donors (Lipinski definition) is 1. The van der Waals surface area contributed by atoms with Gasteiger partial charge in [0.25, 0.3) is 0 Å². The normalized spacial score (nSPS) is 16.7. The number of nitrogens with one attached hydrogen (secondary N) is 1. The molecule has 1 unspecified atom stereocenters. The van der Waals surface area contributed by atoms with Crippen LogP contribution >= 0.6 is 0 Å². The summed E-state index contributed by atoms with van der Waals surface area (Å²) in [6.45, 7) is 4.59. The number of esters is 1. The molecule has 0 aromatic heterocycles. The molecule has 0 aromatic carbocycles. The standard InChI is InChI=1S/C11H20N2O3/c1-4-13(9-5-6-9)10(14)7-12-8(2)11(15)16-3/h8-9,12H,4-7H2,1-3H3. The molecule has 5 nitrogen and oxygen atoms in total. The summed E-state index contributed by atoms with van der Waals surface area (Å²) in [6, 6.07) is -0.0143. The van der Waals surface area contributed by atoms with Crippen molar-refractivity contribution in [3.05, 3.63) is 0 Å². The van der Waals surface area contributed by atoms with Crippen LogP contribution in [0.15, 0.2) is 0 Å². The van der Waals surface area contributed by atoms with Gasteiger partial charge in [-0.2, -0.15) is 0 Å². The summed E-state index contributed by atoms with van der Waals surface area (Å²) >= 11 is 0. The average Bonchev–Trinajstić information content (AvgIpc) is 3.10. The lowest BCUT2D eigenvalue weighted by atomic mass is 10.3. The predicted molar refractivity (Wildman–Crippen MR) is 59.9 cm³/mol. The maximum atomic E-state index is 11.8. The van der Waals surface area contributed by atoms with E-state index >= 15 is 0 Å². The Balaban J connectivity index is 2.30. The van der Waals surface area contributed by atoms with E-state index in [0.717, 1.165) is 19.4 Å². The van der Waals surface area contributed by atoms with Gasteiger partial charge in [-0.1, -0.05) is 0 Å². The molecule has 0 bridgehead atoms. The molecule has 1 aliphatic rings. The second-order valence-corrected chi connectivity index (χ2v) is 4.04. The van der Waals surface area contributed by atoms with Crippen LogP contribution in [0.5, 0.6) is 0 Å². The Bertz CT molecular complexity index is 264. The zero-order chi connectivity index (χ0) is 12.1. The van der Waals surface area contributed by atoms with Crippen molar-refractivity contribution in [2.75, 3.05) is 20.2 Å². The minimum Gasteiger partial charge on any atom is -0.468 e. The molecule has 1 fully saturated rings. The van der Waals surface area contributed by atoms with Crippen molar-refractivity contribution < 1.29 is 14.3 Å². The summed E-state index contributed by atoms with van der Waals surface area (Å²) in [5, 5.41) is 2.86. The van der Waals surface area contributed by atoms with E-state index in [4.69, 9.17) is 0 Å². The molecule has 1 aliphatic carbocycles. The van der Waals surface area contributed by atoms with Crippen LogP contribution in [0.25, 0.3) is 0 Å². The van der Waals surface area contributed by atoms with Gasteiger partial charge in [0.05, 0.1) is 13.7 Å². The van der Waals surface area contributed by atoms with Crippen LogP contribution in [-0.4, -0.2) is 49.1 Å². The molecule has 0 aliphatic heterocycles. The van der Waals surface area contributed by atoms with Crippen LogP contribution in [0.4, 0.5) is 0 Å². The molecular weight excluding hydrogens is 208 g/mol. The van der Waals surface area contributed by atoms with Gasteiger partial charge in [0.1, 0.15) is 6.04 Å². The molecule has 0 heterocycles. The van der Waals surface area contributed by atoms with Crippen molar-refractivity contribution in [1.82, 2.24) is 10.2 Å². The van der Waals surface area contributed by atoms with E-state index in [2.05, 4.69) is 10.1 Å². The first-order valence-electron chi connectivity index (χ1n) is 5.70. The summed E-state index contributed by atoms with van der Waals surface area (Å²) in [6.07, 6.45) is 2.21. The fourth-order valence-corrected chi connectivity index (χ4v) is 1.63. The highest BCUT2D eigenvalue weighted by molar-refractivity contribution is 5.80. The van der Waals surface area contributed by atoms with Gasteiger partial charge in [0.15, 0.2) is 0 Å². The first-order chi connectivity index (χ1) is 7.60. The van der Waals surface area contributed by atoms with Crippen LogP contribution in [0.1, 0.15) is 26.7 Å². The largest absolute Gasteiger partial charge is 0.468 e. The lowest BCUT2D eigenvalue weighted by Crippen LogP contribution is -2.44. The van der Waals surface area contributed by atoms with E-state index in [1.165, 1.54) is 7.11 Å². The third-order valence-corrected chi connectivity index (χ3v) is 2.76. The van der Waals surface area contributed by atoms with Crippen molar-refractivity contribution >= 4 is 11.9 Å². The fraction of sp³-hybridized carbons (Fsp3) is 0.818. The van der Waals surface area contributed by atoms with Crippen molar-refractivity contribution in [2.24, 2.45) is 0 Å². The third kappa shape index (κ3) is 3.48. The molecule has 1 rings (SSSR count). The Kier molecular flexibility index (Phi) is 4.73. The van der Waals surface area contributed by atoms with E-state index in [-0.39, 0.29) is 18.4 Å². The van der Waals surface area contributed by atoms with Gasteiger partial charge >= 0.3 is 5.97 Å². The molecule has 0 aromatic rings. The molecule has 1 atom stereocenters. The monoisotopic (exact) mass is 228 g/mol. The van der Waals surface area contributed by atoms with Crippen molar-refractivity contribution in [3.63, 3.8) is 0 Å². The number of likely N-dealkylation sites (N-methyl/N-ethyl adjacent to an activating group) is 1. The Labute approximate surface area is 96.1 Å². The molecule has 1 amide bonds. The number of nitrogens with zero attached hydrogens (tertiary/aromatic N) is 1. The summed E-state index contributed by atoms with van der Waals surface area (Å²) in [5.74, 6) is -0.289. The molecule has 1 saturated carbocycles. The van der Waals surface area contributed by atoms with Gasteiger partial charge in [0, 0.05) is 12.6 Å². The van der Waals surface area contributed by atoms with Crippen LogP contribution in [0, 0.1) is 0 Å². The smallest absolute Gasteiger partial charge is 0.322 e. The lowest BCUT2D eigenvalue weighted by molar-refractivity contribution is -0.142. The highest BCUT2D eigenvalue weighted by atomic mass is 16.5. The van der Waals surface area contributed by atoms with Gasteiger partial charge < -0.3 is 9.64 Å². The van der Waals surface area contributed by atoms with Crippen molar-refractivity contribution in [1.29, 1.82) is 0 Å². The Morgan fingerprint density at radius 1 is 1.50 bits per heavy atom. The third-order valence-electron chi connectivity index (χ3n) is 2.76. The maximum Gasteiger partial charge on any atom is 0.322 e. The van der Waals surface area contributed by atoms with Gasteiger partial charge in [-0.15, -0.1) is 0 Å². The molecule has 16 heavy (non-hydrogen) atoms. The number of rotatable bonds is 6. The second-order valence-electron chi connectivity index (χ2n) is 4.04. The number of hydrogen-bond acceptors (Lipinski definition) is 4. The van der Waals surface area contributed by atoms with E-state index in [1.54, 1.807) is 6.92 Å². The van der Waals surface area contributed by atoms with E-state index in [9.17, 15) is 9.59 Å². The molecule has 5 heteroatoms. The number of amides is 1. The van der Waals surface area contributed by atoms with Gasteiger partial charge in [0.2, 0.25) is 5.91 Å². The SMILES string of the molecule is CCN(C(=O)CNC(C)C(=O)OC)C1CC1. The van der Waals surface area contributed by atoms with Gasteiger partial charge in [-0.25, -0.2) is 0 Å². The maximum absolute atomic E-state index is 11.8. The molecule has 0 saturated heterocycles. The fourth-order valence-electron chi connectivity index (χ4n) is 1.63. The van der Waals surface area contributed by atoms with E-state index in [1.807, 2.05) is 11.8 Å². The number of methoxy groups -OCH3 is 1. The average molecular weight is 228 g/mol. The molecule has 0 spiro atoms. The van der Waals surface area contributed by atoms with Crippen LogP contribution < -0.4 is 5.32 Å². The van der Waals surface area contributed by atoms with Gasteiger partial charge in [-0.3, -0.25) is 14.9 Å². The highest BCUT2D eigenvalue weighted by Crippen LogP contribution is 2.26. The predicted octanol–water partition coefficient (Wildman–Crippen LogP) is 0.148. The summed E-state index contributed by atoms with van der Waals surface area (Å²) in [7, 11) is 1.34.